The monoisotopic (exact) mass is 306 g/mol. The van der Waals surface area contributed by atoms with Crippen molar-refractivity contribution in [1.29, 1.82) is 0 Å². The minimum absolute atomic E-state index is 0.0900. The molecule has 1 saturated heterocycles. The maximum Gasteiger partial charge on any atom is 0.265 e. The number of thioether (sulfide) groups is 1. The lowest BCUT2D eigenvalue weighted by atomic mass is 10.1. The summed E-state index contributed by atoms with van der Waals surface area (Å²) in [4.78, 5) is 25.5. The van der Waals surface area contributed by atoms with Gasteiger partial charge in [0.2, 0.25) is 0 Å². The third-order valence-corrected chi connectivity index (χ3v) is 4.28. The Labute approximate surface area is 127 Å². The van der Waals surface area contributed by atoms with E-state index in [9.17, 15) is 9.59 Å². The van der Waals surface area contributed by atoms with Crippen molar-refractivity contribution in [2.24, 2.45) is 0 Å². The summed E-state index contributed by atoms with van der Waals surface area (Å²) in [6.07, 6.45) is 1.78. The second-order valence-corrected chi connectivity index (χ2v) is 5.90. The van der Waals surface area contributed by atoms with E-state index in [1.54, 1.807) is 25.3 Å². The van der Waals surface area contributed by atoms with E-state index >= 15 is 0 Å². The van der Waals surface area contributed by atoms with Crippen molar-refractivity contribution in [3.8, 4) is 0 Å². The molecule has 2 rings (SSSR count). The fraction of sp³-hybridized carbons (Fsp3) is 0.214. The van der Waals surface area contributed by atoms with E-state index in [1.165, 1.54) is 16.7 Å². The lowest BCUT2D eigenvalue weighted by Crippen LogP contribution is -2.22. The van der Waals surface area contributed by atoms with Crippen LogP contribution in [0.4, 0.5) is 0 Å². The lowest BCUT2D eigenvalue weighted by molar-refractivity contribution is -0.121. The second kappa shape index (κ2) is 6.19. The highest BCUT2D eigenvalue weighted by Gasteiger charge is 2.28. The van der Waals surface area contributed by atoms with E-state index in [1.807, 2.05) is 19.1 Å². The molecular formula is C14H14N2O2S2. The number of amides is 2. The van der Waals surface area contributed by atoms with E-state index in [2.05, 4.69) is 5.32 Å². The first-order valence-corrected chi connectivity index (χ1v) is 7.35. The molecule has 1 aliphatic rings. The number of nitrogens with one attached hydrogen (secondary N) is 1. The van der Waals surface area contributed by atoms with Gasteiger partial charge in [-0.2, -0.15) is 0 Å². The Bertz CT molecular complexity index is 594. The van der Waals surface area contributed by atoms with E-state index in [4.69, 9.17) is 12.2 Å². The predicted octanol–water partition coefficient (Wildman–Crippen LogP) is 2.27. The first kappa shape index (κ1) is 14.7. The van der Waals surface area contributed by atoms with Gasteiger partial charge in [0.1, 0.15) is 4.32 Å². The average molecular weight is 306 g/mol. The molecule has 0 spiro atoms. The number of benzene rings is 1. The molecule has 1 aromatic carbocycles. The van der Waals surface area contributed by atoms with E-state index in [0.29, 0.717) is 21.3 Å². The summed E-state index contributed by atoms with van der Waals surface area (Å²) in [6.45, 7) is 2.47. The Morgan fingerprint density at radius 3 is 2.55 bits per heavy atom. The van der Waals surface area contributed by atoms with Crippen LogP contribution < -0.4 is 5.32 Å². The molecule has 104 valence electrons. The molecule has 0 radical (unpaired) electrons. The van der Waals surface area contributed by atoms with Crippen LogP contribution in [-0.2, 0) is 4.79 Å². The van der Waals surface area contributed by atoms with Gasteiger partial charge in [0.15, 0.2) is 0 Å². The molecule has 6 heteroatoms. The molecule has 0 unspecified atom stereocenters. The van der Waals surface area contributed by atoms with Crippen LogP contribution in [0, 0.1) is 0 Å². The molecule has 0 atom stereocenters. The van der Waals surface area contributed by atoms with Crippen molar-refractivity contribution in [3.63, 3.8) is 0 Å². The van der Waals surface area contributed by atoms with Crippen molar-refractivity contribution in [1.82, 2.24) is 10.2 Å². The van der Waals surface area contributed by atoms with E-state index < -0.39 is 0 Å². The number of rotatable bonds is 3. The van der Waals surface area contributed by atoms with Crippen molar-refractivity contribution in [2.75, 3.05) is 13.6 Å². The molecule has 2 amide bonds. The fourth-order valence-corrected chi connectivity index (χ4v) is 2.87. The van der Waals surface area contributed by atoms with Crippen LogP contribution in [0.25, 0.3) is 6.08 Å². The molecule has 0 aromatic heterocycles. The van der Waals surface area contributed by atoms with Crippen LogP contribution in [0.15, 0.2) is 29.2 Å². The van der Waals surface area contributed by atoms with Gasteiger partial charge < -0.3 is 5.32 Å². The number of hydrogen-bond acceptors (Lipinski definition) is 4. The summed E-state index contributed by atoms with van der Waals surface area (Å²) >= 11 is 6.36. The zero-order chi connectivity index (χ0) is 14.7. The van der Waals surface area contributed by atoms with Crippen LogP contribution in [0.3, 0.4) is 0 Å². The van der Waals surface area contributed by atoms with Gasteiger partial charge in [-0.3, -0.25) is 14.5 Å². The Morgan fingerprint density at radius 2 is 2.05 bits per heavy atom. The molecule has 0 saturated carbocycles. The second-order valence-electron chi connectivity index (χ2n) is 4.22. The minimum atomic E-state index is -0.0982. The third kappa shape index (κ3) is 3.08. The van der Waals surface area contributed by atoms with Crippen molar-refractivity contribution in [3.05, 3.63) is 40.3 Å². The van der Waals surface area contributed by atoms with Crippen molar-refractivity contribution in [2.45, 2.75) is 6.92 Å². The first-order chi connectivity index (χ1) is 9.52. The van der Waals surface area contributed by atoms with Gasteiger partial charge in [0, 0.05) is 19.2 Å². The van der Waals surface area contributed by atoms with Crippen LogP contribution in [-0.4, -0.2) is 34.6 Å². The number of carbonyl (C=O) groups excluding carboxylic acids is 2. The van der Waals surface area contributed by atoms with Crippen LogP contribution in [0.1, 0.15) is 22.8 Å². The Morgan fingerprint density at radius 1 is 1.40 bits per heavy atom. The number of nitrogens with zero attached hydrogens (tertiary/aromatic N) is 1. The zero-order valence-electron chi connectivity index (χ0n) is 11.2. The molecule has 0 bridgehead atoms. The zero-order valence-corrected chi connectivity index (χ0v) is 12.8. The van der Waals surface area contributed by atoms with Gasteiger partial charge in [0.05, 0.1) is 4.91 Å². The number of hydrogen-bond donors (Lipinski definition) is 1. The Balaban J connectivity index is 2.17. The summed E-state index contributed by atoms with van der Waals surface area (Å²) in [6, 6.07) is 7.10. The largest absolute Gasteiger partial charge is 0.352 e. The predicted molar refractivity (Wildman–Crippen MR) is 85.4 cm³/mol. The number of likely N-dealkylation sites (N-methyl/N-ethyl adjacent to an activating group) is 1. The van der Waals surface area contributed by atoms with Gasteiger partial charge in [-0.25, -0.2) is 0 Å². The summed E-state index contributed by atoms with van der Waals surface area (Å²) in [5.41, 5.74) is 1.47. The maximum atomic E-state index is 11.9. The minimum Gasteiger partial charge on any atom is -0.352 e. The number of carbonyl (C=O) groups is 2. The molecule has 0 aliphatic carbocycles. The molecule has 1 N–H and O–H groups in total. The topological polar surface area (TPSA) is 49.4 Å². The molecule has 1 heterocycles. The van der Waals surface area contributed by atoms with Gasteiger partial charge >= 0.3 is 0 Å². The normalized spacial score (nSPS) is 16.9. The molecule has 1 fully saturated rings. The van der Waals surface area contributed by atoms with Gasteiger partial charge in [-0.1, -0.05) is 36.1 Å². The summed E-state index contributed by atoms with van der Waals surface area (Å²) < 4.78 is 0.556. The molecule has 20 heavy (non-hydrogen) atoms. The molecule has 1 aliphatic heterocycles. The van der Waals surface area contributed by atoms with E-state index in [0.717, 1.165) is 5.56 Å². The standard InChI is InChI=1S/C14H14N2O2S2/c1-3-15-12(17)10-6-4-9(5-7-10)8-11-13(18)16(2)14(19)20-11/h4-8H,3H2,1-2H3,(H,15,17). The summed E-state index contributed by atoms with van der Waals surface area (Å²) in [7, 11) is 1.66. The average Bonchev–Trinajstić information content (AvgIpc) is 2.67. The fourth-order valence-electron chi connectivity index (χ4n) is 1.69. The molecular weight excluding hydrogens is 292 g/mol. The summed E-state index contributed by atoms with van der Waals surface area (Å²) in [5.74, 6) is -0.188. The Hall–Kier alpha value is -1.66. The lowest BCUT2D eigenvalue weighted by Gasteiger charge is -2.04. The highest BCUT2D eigenvalue weighted by molar-refractivity contribution is 8.26. The van der Waals surface area contributed by atoms with Gasteiger partial charge in [0.25, 0.3) is 11.8 Å². The highest BCUT2D eigenvalue weighted by Crippen LogP contribution is 2.31. The Kier molecular flexibility index (Phi) is 4.57. The van der Waals surface area contributed by atoms with Crippen molar-refractivity contribution < 1.29 is 9.59 Å². The SMILES string of the molecule is CCNC(=O)c1ccc(C=C2SC(=S)N(C)C2=O)cc1. The van der Waals surface area contributed by atoms with Crippen LogP contribution in [0.2, 0.25) is 0 Å². The quantitative estimate of drug-likeness (QED) is 0.687. The highest BCUT2D eigenvalue weighted by atomic mass is 32.2. The summed E-state index contributed by atoms with van der Waals surface area (Å²) in [5, 5.41) is 2.74. The number of thiocarbonyl (C=S) groups is 1. The maximum absolute atomic E-state index is 11.9. The van der Waals surface area contributed by atoms with Crippen LogP contribution >= 0.6 is 24.0 Å². The molecule has 1 aromatic rings. The molecule has 4 nitrogen and oxygen atoms in total. The van der Waals surface area contributed by atoms with Crippen molar-refractivity contribution >= 4 is 46.2 Å². The van der Waals surface area contributed by atoms with Crippen LogP contribution in [0.5, 0.6) is 0 Å². The van der Waals surface area contributed by atoms with Gasteiger partial charge in [-0.15, -0.1) is 0 Å². The van der Waals surface area contributed by atoms with E-state index in [-0.39, 0.29) is 11.8 Å². The van der Waals surface area contributed by atoms with Gasteiger partial charge in [-0.05, 0) is 30.7 Å². The smallest absolute Gasteiger partial charge is 0.265 e. The third-order valence-electron chi connectivity index (χ3n) is 2.79. The first-order valence-electron chi connectivity index (χ1n) is 6.12.